The van der Waals surface area contributed by atoms with E-state index < -0.39 is 9.84 Å². The van der Waals surface area contributed by atoms with E-state index in [-0.39, 0.29) is 5.91 Å². The molecule has 2 fully saturated rings. The molecule has 6 rings (SSSR count). The van der Waals surface area contributed by atoms with Crippen molar-refractivity contribution in [2.24, 2.45) is 0 Å². The lowest BCUT2D eigenvalue weighted by molar-refractivity contribution is -0.131. The molecular weight excluding hydrogens is 590 g/mol. The number of hydrogen-bond acceptors (Lipinski definition) is 7. The van der Waals surface area contributed by atoms with Gasteiger partial charge in [-0.05, 0) is 60.9 Å². The number of nitrogens with zero attached hydrogens (tertiary/aromatic N) is 5. The molecule has 11 heteroatoms. The van der Waals surface area contributed by atoms with Gasteiger partial charge in [0.2, 0.25) is 5.91 Å². The van der Waals surface area contributed by atoms with Crippen LogP contribution < -0.4 is 0 Å². The van der Waals surface area contributed by atoms with Crippen LogP contribution in [-0.4, -0.2) is 90.9 Å². The highest BCUT2D eigenvalue weighted by Gasteiger charge is 2.25. The summed E-state index contributed by atoms with van der Waals surface area (Å²) < 4.78 is 26.1. The summed E-state index contributed by atoms with van der Waals surface area (Å²) in [6.07, 6.45) is 3.46. The summed E-state index contributed by atoms with van der Waals surface area (Å²) in [7, 11) is -3.30. The van der Waals surface area contributed by atoms with Gasteiger partial charge in [0.05, 0.1) is 38.4 Å². The summed E-state index contributed by atoms with van der Waals surface area (Å²) in [5.74, 6) is 0.252. The van der Waals surface area contributed by atoms with Crippen LogP contribution in [0.15, 0.2) is 71.6 Å². The highest BCUT2D eigenvalue weighted by molar-refractivity contribution is 7.90. The van der Waals surface area contributed by atoms with E-state index in [0.29, 0.717) is 23.0 Å². The number of carbonyl (C=O) groups excluding carboxylic acids is 1. The van der Waals surface area contributed by atoms with E-state index in [1.165, 1.54) is 6.26 Å². The third-order valence-corrected chi connectivity index (χ3v) is 10.5. The molecule has 0 aliphatic carbocycles. The molecule has 0 spiro atoms. The highest BCUT2D eigenvalue weighted by Crippen LogP contribution is 2.37. The normalized spacial score (nSPS) is 16.8. The minimum Gasteiger partial charge on any atom is -0.342 e. The second kappa shape index (κ2) is 12.3. The maximum absolute atomic E-state index is 12.6. The third kappa shape index (κ3) is 6.48. The van der Waals surface area contributed by atoms with Crippen molar-refractivity contribution in [2.75, 3.05) is 52.1 Å². The molecular formula is C31H34ClN5O3S2. The Hall–Kier alpha value is -3.02. The van der Waals surface area contributed by atoms with Gasteiger partial charge in [-0.15, -0.1) is 11.3 Å². The quantitative estimate of drug-likeness (QED) is 0.273. The van der Waals surface area contributed by atoms with Crippen molar-refractivity contribution in [1.29, 1.82) is 0 Å². The molecule has 220 valence electrons. The van der Waals surface area contributed by atoms with Crippen LogP contribution in [-0.2, 0) is 21.2 Å². The van der Waals surface area contributed by atoms with Crippen LogP contribution >= 0.6 is 22.9 Å². The molecule has 42 heavy (non-hydrogen) atoms. The summed E-state index contributed by atoms with van der Waals surface area (Å²) in [6.45, 7) is 6.47. The van der Waals surface area contributed by atoms with E-state index in [2.05, 4.69) is 21.9 Å². The SMILES string of the molecule is CS(=O)(=O)c1cccc(-c2ccc(-c3cc(CN4CCN(CC(=O)N5CCCC5)CC4)nn3-c3ccccc3Cl)s2)c1. The standard InChI is InChI=1S/C31H34ClN5O3S2/c1-42(39,40)25-8-6-7-23(19-25)29-11-12-30(41-29)28-20-24(33-37(28)27-10-3-2-9-26(27)32)21-34-15-17-35(18-16-34)22-31(38)36-13-4-5-14-36/h2-3,6-12,19-20H,4-5,13-18,21-22H2,1H3. The lowest BCUT2D eigenvalue weighted by atomic mass is 10.2. The Bertz CT molecular complexity index is 1690. The number of likely N-dealkylation sites (tertiary alicyclic amines) is 1. The zero-order valence-corrected chi connectivity index (χ0v) is 26.0. The molecule has 0 atom stereocenters. The molecule has 0 radical (unpaired) electrons. The van der Waals surface area contributed by atoms with Crippen LogP contribution in [0.3, 0.4) is 0 Å². The molecule has 4 aromatic rings. The van der Waals surface area contributed by atoms with E-state index in [4.69, 9.17) is 16.7 Å². The summed E-state index contributed by atoms with van der Waals surface area (Å²) in [5, 5.41) is 5.62. The first-order valence-electron chi connectivity index (χ1n) is 14.2. The van der Waals surface area contributed by atoms with E-state index >= 15 is 0 Å². The first kappa shape index (κ1) is 29.1. The van der Waals surface area contributed by atoms with Gasteiger partial charge in [0.1, 0.15) is 0 Å². The van der Waals surface area contributed by atoms with Gasteiger partial charge in [-0.2, -0.15) is 5.10 Å². The number of halogens is 1. The van der Waals surface area contributed by atoms with Gasteiger partial charge in [0.25, 0.3) is 0 Å². The molecule has 1 amide bonds. The second-order valence-electron chi connectivity index (χ2n) is 11.0. The third-order valence-electron chi connectivity index (χ3n) is 7.91. The van der Waals surface area contributed by atoms with Gasteiger partial charge in [0, 0.05) is 56.9 Å². The Morgan fingerprint density at radius 3 is 2.33 bits per heavy atom. The van der Waals surface area contributed by atoms with Crippen LogP contribution in [0.2, 0.25) is 5.02 Å². The molecule has 2 aromatic carbocycles. The molecule has 2 aliphatic heterocycles. The van der Waals surface area contributed by atoms with Gasteiger partial charge in [-0.1, -0.05) is 35.9 Å². The lowest BCUT2D eigenvalue weighted by Crippen LogP contribution is -2.49. The molecule has 0 bridgehead atoms. The van der Waals surface area contributed by atoms with Crippen LogP contribution in [0, 0.1) is 0 Å². The summed E-state index contributed by atoms with van der Waals surface area (Å²) in [5.41, 5.74) is 3.54. The van der Waals surface area contributed by atoms with Crippen molar-refractivity contribution in [3.8, 4) is 26.7 Å². The largest absolute Gasteiger partial charge is 0.342 e. The van der Waals surface area contributed by atoms with Gasteiger partial charge >= 0.3 is 0 Å². The molecule has 0 saturated carbocycles. The topological polar surface area (TPSA) is 78.8 Å². The minimum absolute atomic E-state index is 0.252. The van der Waals surface area contributed by atoms with Gasteiger partial charge in [-0.25, -0.2) is 13.1 Å². The Kier molecular flexibility index (Phi) is 8.51. The van der Waals surface area contributed by atoms with Crippen molar-refractivity contribution >= 4 is 38.7 Å². The number of benzene rings is 2. The summed E-state index contributed by atoms with van der Waals surface area (Å²) in [6, 6.07) is 20.9. The number of hydrogen-bond donors (Lipinski definition) is 0. The van der Waals surface area contributed by atoms with Gasteiger partial charge in [0.15, 0.2) is 9.84 Å². The average molecular weight is 624 g/mol. The summed E-state index contributed by atoms with van der Waals surface area (Å²) in [4.78, 5) is 21.5. The zero-order chi connectivity index (χ0) is 29.3. The number of piperazine rings is 1. The lowest BCUT2D eigenvalue weighted by Gasteiger charge is -2.34. The number of aromatic nitrogens is 2. The molecule has 2 saturated heterocycles. The maximum Gasteiger partial charge on any atom is 0.236 e. The molecule has 0 N–H and O–H groups in total. The molecule has 4 heterocycles. The van der Waals surface area contributed by atoms with E-state index in [1.54, 1.807) is 29.5 Å². The van der Waals surface area contributed by atoms with Crippen LogP contribution in [0.1, 0.15) is 18.5 Å². The number of sulfone groups is 1. The monoisotopic (exact) mass is 623 g/mol. The second-order valence-corrected chi connectivity index (χ2v) is 14.5. The van der Waals surface area contributed by atoms with Crippen molar-refractivity contribution in [1.82, 2.24) is 24.5 Å². The van der Waals surface area contributed by atoms with Crippen LogP contribution in [0.4, 0.5) is 0 Å². The van der Waals surface area contributed by atoms with Crippen LogP contribution in [0.25, 0.3) is 26.7 Å². The first-order valence-corrected chi connectivity index (χ1v) is 17.3. The fourth-order valence-electron chi connectivity index (χ4n) is 5.59. The van der Waals surface area contributed by atoms with Crippen molar-refractivity contribution in [3.63, 3.8) is 0 Å². The highest BCUT2D eigenvalue weighted by atomic mass is 35.5. The summed E-state index contributed by atoms with van der Waals surface area (Å²) >= 11 is 8.22. The minimum atomic E-state index is -3.30. The Morgan fingerprint density at radius 1 is 0.881 bits per heavy atom. The number of amides is 1. The van der Waals surface area contributed by atoms with Crippen molar-refractivity contribution in [2.45, 2.75) is 24.3 Å². The maximum atomic E-state index is 12.6. The van der Waals surface area contributed by atoms with E-state index in [0.717, 1.165) is 84.5 Å². The van der Waals surface area contributed by atoms with Gasteiger partial charge < -0.3 is 4.90 Å². The Morgan fingerprint density at radius 2 is 1.60 bits per heavy atom. The van der Waals surface area contributed by atoms with E-state index in [9.17, 15) is 13.2 Å². The van der Waals surface area contributed by atoms with Crippen molar-refractivity contribution < 1.29 is 13.2 Å². The Balaban J connectivity index is 1.22. The van der Waals surface area contributed by atoms with E-state index in [1.807, 2.05) is 46.0 Å². The van der Waals surface area contributed by atoms with Crippen LogP contribution in [0.5, 0.6) is 0 Å². The average Bonchev–Trinajstić information content (AvgIpc) is 3.75. The smallest absolute Gasteiger partial charge is 0.236 e. The predicted octanol–water partition coefficient (Wildman–Crippen LogP) is 5.06. The molecule has 2 aliphatic rings. The fraction of sp³-hybridized carbons (Fsp3) is 0.355. The Labute approximate surface area is 256 Å². The first-order chi connectivity index (χ1) is 20.2. The number of carbonyl (C=O) groups is 1. The predicted molar refractivity (Wildman–Crippen MR) is 168 cm³/mol. The van der Waals surface area contributed by atoms with Gasteiger partial charge in [-0.3, -0.25) is 14.6 Å². The number of rotatable bonds is 8. The zero-order valence-electron chi connectivity index (χ0n) is 23.6. The molecule has 0 unspecified atom stereocenters. The number of thiophene rings is 1. The molecule has 8 nitrogen and oxygen atoms in total. The van der Waals surface area contributed by atoms with Crippen molar-refractivity contribution in [3.05, 3.63) is 77.4 Å². The molecule has 2 aromatic heterocycles. The number of para-hydroxylation sites is 1. The fourth-order valence-corrected chi connectivity index (χ4v) is 7.48.